The molecule has 4 nitrogen and oxygen atoms in total. The fraction of sp³-hybridized carbons (Fsp3) is 0.333. The van der Waals surface area contributed by atoms with E-state index in [1.165, 1.54) is 24.3 Å². The zero-order valence-corrected chi connectivity index (χ0v) is 10.3. The Morgan fingerprint density at radius 1 is 1.33 bits per heavy atom. The molecular formula is C12H12FNO3S. The second kappa shape index (κ2) is 4.97. The number of benzene rings is 1. The molecule has 1 fully saturated rings. The Labute approximate surface area is 109 Å². The highest BCUT2D eigenvalue weighted by Crippen LogP contribution is 2.25. The number of carbonyl (C=O) groups excluding carboxylic acids is 1. The summed E-state index contributed by atoms with van der Waals surface area (Å²) in [7, 11) is 0. The lowest BCUT2D eigenvalue weighted by molar-refractivity contribution is 0.0845. The van der Waals surface area contributed by atoms with Crippen LogP contribution in [0.5, 0.6) is 0 Å². The Morgan fingerprint density at radius 2 is 1.94 bits per heavy atom. The standard InChI is InChI=1S/C12H12FNO3S/c13-8-3-1-7(2-4-8)11(15)10-5-9(18)6-14(10)12(16)17/h1-4,9-10,18H,5-6H2,(H,16,17)/t9-,10+/m1/s1. The van der Waals surface area contributed by atoms with Crippen LogP contribution in [0.4, 0.5) is 9.18 Å². The minimum absolute atomic E-state index is 0.143. The van der Waals surface area contributed by atoms with Crippen molar-refractivity contribution in [2.45, 2.75) is 17.7 Å². The van der Waals surface area contributed by atoms with Crippen LogP contribution in [0.1, 0.15) is 16.8 Å². The molecule has 0 radical (unpaired) electrons. The predicted octanol–water partition coefficient (Wildman–Crippen LogP) is 2.06. The average molecular weight is 269 g/mol. The Morgan fingerprint density at radius 3 is 2.50 bits per heavy atom. The molecule has 0 unspecified atom stereocenters. The lowest BCUT2D eigenvalue weighted by Crippen LogP contribution is -2.39. The summed E-state index contributed by atoms with van der Waals surface area (Å²) >= 11 is 4.21. The first kappa shape index (κ1) is 12.9. The molecule has 1 N–H and O–H groups in total. The maximum Gasteiger partial charge on any atom is 0.407 e. The van der Waals surface area contributed by atoms with Crippen LogP contribution in [0.3, 0.4) is 0 Å². The molecule has 1 heterocycles. The van der Waals surface area contributed by atoms with E-state index in [1.54, 1.807) is 0 Å². The first-order valence-electron chi connectivity index (χ1n) is 5.46. The zero-order chi connectivity index (χ0) is 13.3. The molecule has 0 saturated carbocycles. The summed E-state index contributed by atoms with van der Waals surface area (Å²) in [4.78, 5) is 24.3. The number of nitrogens with zero attached hydrogens (tertiary/aromatic N) is 1. The van der Waals surface area contributed by atoms with Gasteiger partial charge >= 0.3 is 6.09 Å². The van der Waals surface area contributed by atoms with Crippen LogP contribution in [-0.2, 0) is 0 Å². The van der Waals surface area contributed by atoms with Gasteiger partial charge in [0.2, 0.25) is 0 Å². The van der Waals surface area contributed by atoms with Crippen LogP contribution >= 0.6 is 12.6 Å². The fourth-order valence-electron chi connectivity index (χ4n) is 2.08. The fourth-order valence-corrected chi connectivity index (χ4v) is 2.46. The normalized spacial score (nSPS) is 23.1. The van der Waals surface area contributed by atoms with Crippen LogP contribution in [0.2, 0.25) is 0 Å². The van der Waals surface area contributed by atoms with Gasteiger partial charge in [0.1, 0.15) is 5.82 Å². The third kappa shape index (κ3) is 2.48. The molecule has 1 aromatic carbocycles. The van der Waals surface area contributed by atoms with E-state index in [0.717, 1.165) is 4.90 Å². The van der Waals surface area contributed by atoms with Crippen molar-refractivity contribution in [3.63, 3.8) is 0 Å². The summed E-state index contributed by atoms with van der Waals surface area (Å²) in [6, 6.07) is 4.37. The van der Waals surface area contributed by atoms with E-state index in [0.29, 0.717) is 12.0 Å². The third-order valence-corrected chi connectivity index (χ3v) is 3.33. The van der Waals surface area contributed by atoms with Crippen LogP contribution in [0.15, 0.2) is 24.3 Å². The first-order valence-corrected chi connectivity index (χ1v) is 5.98. The van der Waals surface area contributed by atoms with Crippen LogP contribution in [-0.4, -0.2) is 39.7 Å². The molecule has 0 spiro atoms. The monoisotopic (exact) mass is 269 g/mol. The quantitative estimate of drug-likeness (QED) is 0.638. The van der Waals surface area contributed by atoms with Crippen molar-refractivity contribution in [2.24, 2.45) is 0 Å². The minimum atomic E-state index is -1.13. The highest BCUT2D eigenvalue weighted by molar-refractivity contribution is 7.81. The van der Waals surface area contributed by atoms with Gasteiger partial charge in [0, 0.05) is 17.4 Å². The van der Waals surface area contributed by atoms with Crippen LogP contribution in [0, 0.1) is 5.82 Å². The van der Waals surface area contributed by atoms with Crippen molar-refractivity contribution in [3.8, 4) is 0 Å². The maximum atomic E-state index is 12.8. The second-order valence-corrected chi connectivity index (χ2v) is 4.94. The molecule has 18 heavy (non-hydrogen) atoms. The number of likely N-dealkylation sites (tertiary alicyclic amines) is 1. The summed E-state index contributed by atoms with van der Waals surface area (Å²) in [5.74, 6) is -0.742. The largest absolute Gasteiger partial charge is 0.465 e. The van der Waals surface area contributed by atoms with E-state index in [2.05, 4.69) is 12.6 Å². The summed E-state index contributed by atoms with van der Waals surface area (Å²) in [6.45, 7) is 0.232. The highest BCUT2D eigenvalue weighted by atomic mass is 32.1. The molecule has 1 aliphatic rings. The molecule has 1 aliphatic heterocycles. The number of thiol groups is 1. The smallest absolute Gasteiger partial charge is 0.407 e. The summed E-state index contributed by atoms with van der Waals surface area (Å²) in [6.07, 6.45) is -0.752. The first-order chi connectivity index (χ1) is 8.49. The van der Waals surface area contributed by atoms with Crippen molar-refractivity contribution in [2.75, 3.05) is 6.54 Å². The van der Waals surface area contributed by atoms with E-state index in [-0.39, 0.29) is 17.6 Å². The molecule has 6 heteroatoms. The Kier molecular flexibility index (Phi) is 3.56. The number of hydrogen-bond acceptors (Lipinski definition) is 3. The number of rotatable bonds is 2. The van der Waals surface area contributed by atoms with Gasteiger partial charge in [-0.05, 0) is 30.7 Å². The van der Waals surface area contributed by atoms with Crippen molar-refractivity contribution in [1.82, 2.24) is 4.90 Å². The van der Waals surface area contributed by atoms with Gasteiger partial charge in [-0.3, -0.25) is 9.69 Å². The predicted molar refractivity (Wildman–Crippen MR) is 66.6 cm³/mol. The number of amides is 1. The number of hydrogen-bond donors (Lipinski definition) is 2. The summed E-state index contributed by atoms with van der Waals surface area (Å²) in [5.41, 5.74) is 0.315. The topological polar surface area (TPSA) is 57.6 Å². The molecule has 2 atom stereocenters. The number of Topliss-reactive ketones (excluding diaryl/α,β-unsaturated/α-hetero) is 1. The van der Waals surface area contributed by atoms with Gasteiger partial charge in [-0.2, -0.15) is 12.6 Å². The molecule has 2 rings (SSSR count). The van der Waals surface area contributed by atoms with E-state index in [1.807, 2.05) is 0 Å². The number of carboxylic acid groups (broad SMARTS) is 1. The maximum absolute atomic E-state index is 12.8. The van der Waals surface area contributed by atoms with Crippen molar-refractivity contribution in [1.29, 1.82) is 0 Å². The molecule has 96 valence electrons. The Balaban J connectivity index is 2.22. The van der Waals surface area contributed by atoms with Gasteiger partial charge in [-0.15, -0.1) is 0 Å². The lowest BCUT2D eigenvalue weighted by Gasteiger charge is -2.19. The highest BCUT2D eigenvalue weighted by Gasteiger charge is 2.38. The number of halogens is 1. The second-order valence-electron chi connectivity index (χ2n) is 4.21. The molecule has 0 aromatic heterocycles. The number of ketones is 1. The zero-order valence-electron chi connectivity index (χ0n) is 9.41. The Hall–Kier alpha value is -1.56. The van der Waals surface area contributed by atoms with Gasteiger partial charge in [0.05, 0.1) is 6.04 Å². The van der Waals surface area contributed by atoms with Crippen molar-refractivity contribution >= 4 is 24.5 Å². The van der Waals surface area contributed by atoms with Gasteiger partial charge < -0.3 is 5.11 Å². The lowest BCUT2D eigenvalue weighted by atomic mass is 10.0. The molecule has 1 saturated heterocycles. The van der Waals surface area contributed by atoms with Gasteiger partial charge in [0.15, 0.2) is 5.78 Å². The van der Waals surface area contributed by atoms with Crippen LogP contribution in [0.25, 0.3) is 0 Å². The SMILES string of the molecule is O=C(c1ccc(F)cc1)[C@@H]1C[C@@H](S)CN1C(=O)O. The number of carbonyl (C=O) groups is 2. The van der Waals surface area contributed by atoms with E-state index < -0.39 is 18.0 Å². The van der Waals surface area contributed by atoms with Gasteiger partial charge in [-0.1, -0.05) is 0 Å². The van der Waals surface area contributed by atoms with Crippen molar-refractivity contribution < 1.29 is 19.1 Å². The van der Waals surface area contributed by atoms with Gasteiger partial charge in [-0.25, -0.2) is 9.18 Å². The van der Waals surface area contributed by atoms with E-state index >= 15 is 0 Å². The molecule has 1 amide bonds. The summed E-state index contributed by atoms with van der Waals surface area (Å²) in [5, 5.41) is 8.88. The Bertz CT molecular complexity index is 477. The van der Waals surface area contributed by atoms with Gasteiger partial charge in [0.25, 0.3) is 0 Å². The molecule has 1 aromatic rings. The third-order valence-electron chi connectivity index (χ3n) is 2.96. The summed E-state index contributed by atoms with van der Waals surface area (Å²) < 4.78 is 12.8. The van der Waals surface area contributed by atoms with E-state index in [9.17, 15) is 14.0 Å². The van der Waals surface area contributed by atoms with Crippen LogP contribution < -0.4 is 0 Å². The van der Waals surface area contributed by atoms with E-state index in [4.69, 9.17) is 5.11 Å². The molecular weight excluding hydrogens is 257 g/mol. The molecule has 0 aliphatic carbocycles. The average Bonchev–Trinajstić information content (AvgIpc) is 2.71. The molecule has 0 bridgehead atoms. The van der Waals surface area contributed by atoms with Crippen molar-refractivity contribution in [3.05, 3.63) is 35.6 Å². The minimum Gasteiger partial charge on any atom is -0.465 e.